The largest absolute Gasteiger partial charge is 0.488 e. The third-order valence-corrected chi connectivity index (χ3v) is 3.21. The van der Waals surface area contributed by atoms with Crippen LogP contribution in [0.5, 0.6) is 5.75 Å². The van der Waals surface area contributed by atoms with Crippen molar-refractivity contribution in [3.8, 4) is 5.75 Å². The Kier molecular flexibility index (Phi) is 4.17. The number of furan rings is 1. The first-order valence-electron chi connectivity index (χ1n) is 7.06. The van der Waals surface area contributed by atoms with Crippen molar-refractivity contribution in [2.24, 2.45) is 0 Å². The summed E-state index contributed by atoms with van der Waals surface area (Å²) in [5.41, 5.74) is 0.980. The first-order valence-corrected chi connectivity index (χ1v) is 7.06. The average molecular weight is 282 g/mol. The normalized spacial score (nSPS) is 12.4. The van der Waals surface area contributed by atoms with E-state index in [-0.39, 0.29) is 6.10 Å². The SMILES string of the molecule is CC(CNCc1ccco1)Oc1cnc2ccccc2c1. The topological polar surface area (TPSA) is 47.3 Å². The number of nitrogens with zero attached hydrogens (tertiary/aromatic N) is 1. The zero-order valence-electron chi connectivity index (χ0n) is 12.0. The Morgan fingerprint density at radius 1 is 1.24 bits per heavy atom. The minimum atomic E-state index is 0.0583. The summed E-state index contributed by atoms with van der Waals surface area (Å²) in [7, 11) is 0. The first kappa shape index (κ1) is 13.6. The second-order valence-electron chi connectivity index (χ2n) is 5.00. The van der Waals surface area contributed by atoms with Gasteiger partial charge >= 0.3 is 0 Å². The summed E-state index contributed by atoms with van der Waals surface area (Å²) >= 11 is 0. The summed E-state index contributed by atoms with van der Waals surface area (Å²) in [6.07, 6.45) is 3.51. The molecule has 0 amide bonds. The monoisotopic (exact) mass is 282 g/mol. The summed E-state index contributed by atoms with van der Waals surface area (Å²) in [6.45, 7) is 3.48. The maximum Gasteiger partial charge on any atom is 0.138 e. The lowest BCUT2D eigenvalue weighted by atomic mass is 10.2. The molecule has 0 saturated heterocycles. The van der Waals surface area contributed by atoms with Crippen LogP contribution in [-0.4, -0.2) is 17.6 Å². The van der Waals surface area contributed by atoms with E-state index in [0.717, 1.165) is 29.0 Å². The van der Waals surface area contributed by atoms with Gasteiger partial charge in [-0.2, -0.15) is 0 Å². The molecule has 108 valence electrons. The summed E-state index contributed by atoms with van der Waals surface area (Å²) in [5.74, 6) is 1.72. The standard InChI is InChI=1S/C17H18N2O2/c1-13(10-18-11-15-6-4-8-20-15)21-16-9-14-5-2-3-7-17(14)19-12-16/h2-9,12-13,18H,10-11H2,1H3. The lowest BCUT2D eigenvalue weighted by Crippen LogP contribution is -2.28. The molecule has 1 atom stereocenters. The molecule has 0 aliphatic rings. The van der Waals surface area contributed by atoms with Gasteiger partial charge in [-0.05, 0) is 31.2 Å². The van der Waals surface area contributed by atoms with Crippen molar-refractivity contribution in [2.75, 3.05) is 6.54 Å². The van der Waals surface area contributed by atoms with Crippen LogP contribution in [0.4, 0.5) is 0 Å². The van der Waals surface area contributed by atoms with E-state index in [1.165, 1.54) is 0 Å². The molecule has 0 bridgehead atoms. The molecule has 4 heteroatoms. The molecule has 1 unspecified atom stereocenters. The van der Waals surface area contributed by atoms with Gasteiger partial charge in [-0.1, -0.05) is 18.2 Å². The Morgan fingerprint density at radius 3 is 3.00 bits per heavy atom. The predicted octanol–water partition coefficient (Wildman–Crippen LogP) is 3.38. The molecular formula is C17H18N2O2. The molecule has 1 N–H and O–H groups in total. The molecule has 21 heavy (non-hydrogen) atoms. The van der Waals surface area contributed by atoms with Gasteiger partial charge in [0, 0.05) is 11.9 Å². The number of ether oxygens (including phenoxy) is 1. The zero-order chi connectivity index (χ0) is 14.5. The summed E-state index contributed by atoms with van der Waals surface area (Å²) < 4.78 is 11.2. The molecule has 2 aromatic heterocycles. The first-order chi connectivity index (χ1) is 10.3. The van der Waals surface area contributed by atoms with Gasteiger partial charge in [0.15, 0.2) is 0 Å². The lowest BCUT2D eigenvalue weighted by Gasteiger charge is -2.15. The van der Waals surface area contributed by atoms with Crippen LogP contribution >= 0.6 is 0 Å². The van der Waals surface area contributed by atoms with Crippen LogP contribution in [0.1, 0.15) is 12.7 Å². The third kappa shape index (κ3) is 3.61. The number of nitrogens with one attached hydrogen (secondary N) is 1. The van der Waals surface area contributed by atoms with Crippen LogP contribution in [0, 0.1) is 0 Å². The molecule has 0 aliphatic heterocycles. The average Bonchev–Trinajstić information content (AvgIpc) is 3.00. The summed E-state index contributed by atoms with van der Waals surface area (Å²) in [6, 6.07) is 13.9. The van der Waals surface area contributed by atoms with Gasteiger partial charge < -0.3 is 14.5 Å². The van der Waals surface area contributed by atoms with E-state index in [2.05, 4.69) is 10.3 Å². The number of hydrogen-bond donors (Lipinski definition) is 1. The highest BCUT2D eigenvalue weighted by Crippen LogP contribution is 2.18. The third-order valence-electron chi connectivity index (χ3n) is 3.21. The molecule has 0 spiro atoms. The van der Waals surface area contributed by atoms with Crippen molar-refractivity contribution in [3.05, 3.63) is 60.7 Å². The molecule has 1 aromatic carbocycles. The van der Waals surface area contributed by atoms with Crippen molar-refractivity contribution in [1.82, 2.24) is 10.3 Å². The minimum absolute atomic E-state index is 0.0583. The summed E-state index contributed by atoms with van der Waals surface area (Å²) in [4.78, 5) is 4.39. The number of benzene rings is 1. The van der Waals surface area contributed by atoms with Crippen LogP contribution in [0.3, 0.4) is 0 Å². The van der Waals surface area contributed by atoms with Crippen molar-refractivity contribution >= 4 is 10.9 Å². The number of pyridine rings is 1. The molecule has 0 aliphatic carbocycles. The van der Waals surface area contributed by atoms with Crippen molar-refractivity contribution in [3.63, 3.8) is 0 Å². The fourth-order valence-electron chi connectivity index (χ4n) is 2.20. The van der Waals surface area contributed by atoms with E-state index in [1.54, 1.807) is 12.5 Å². The van der Waals surface area contributed by atoms with Gasteiger partial charge in [0.05, 0.1) is 24.5 Å². The molecule has 4 nitrogen and oxygen atoms in total. The van der Waals surface area contributed by atoms with Crippen molar-refractivity contribution in [1.29, 1.82) is 0 Å². The van der Waals surface area contributed by atoms with Crippen LogP contribution in [0.15, 0.2) is 59.3 Å². The Hall–Kier alpha value is -2.33. The molecule has 0 fully saturated rings. The highest BCUT2D eigenvalue weighted by atomic mass is 16.5. The second kappa shape index (κ2) is 6.41. The predicted molar refractivity (Wildman–Crippen MR) is 82.2 cm³/mol. The number of para-hydroxylation sites is 1. The fourth-order valence-corrected chi connectivity index (χ4v) is 2.20. The highest BCUT2D eigenvalue weighted by Gasteiger charge is 2.05. The van der Waals surface area contributed by atoms with E-state index >= 15 is 0 Å². The maximum atomic E-state index is 5.89. The van der Waals surface area contributed by atoms with Crippen molar-refractivity contribution < 1.29 is 9.15 Å². The Labute approximate surface area is 123 Å². The van der Waals surface area contributed by atoms with Gasteiger partial charge in [-0.3, -0.25) is 4.98 Å². The van der Waals surface area contributed by atoms with Gasteiger partial charge in [0.1, 0.15) is 17.6 Å². The number of hydrogen-bond acceptors (Lipinski definition) is 4. The Balaban J connectivity index is 1.54. The van der Waals surface area contributed by atoms with Crippen molar-refractivity contribution in [2.45, 2.75) is 19.6 Å². The molecular weight excluding hydrogens is 264 g/mol. The van der Waals surface area contributed by atoms with Gasteiger partial charge in [0.25, 0.3) is 0 Å². The van der Waals surface area contributed by atoms with E-state index in [4.69, 9.17) is 9.15 Å². The zero-order valence-corrected chi connectivity index (χ0v) is 12.0. The number of rotatable bonds is 6. The lowest BCUT2D eigenvalue weighted by molar-refractivity contribution is 0.215. The van der Waals surface area contributed by atoms with E-state index in [1.807, 2.05) is 49.4 Å². The van der Waals surface area contributed by atoms with Crippen LogP contribution in [-0.2, 0) is 6.54 Å². The van der Waals surface area contributed by atoms with Gasteiger partial charge in [-0.25, -0.2) is 0 Å². The molecule has 3 aromatic rings. The van der Waals surface area contributed by atoms with Gasteiger partial charge in [0.2, 0.25) is 0 Å². The van der Waals surface area contributed by atoms with Crippen LogP contribution in [0.25, 0.3) is 10.9 Å². The Morgan fingerprint density at radius 2 is 2.14 bits per heavy atom. The summed E-state index contributed by atoms with van der Waals surface area (Å²) in [5, 5.41) is 4.39. The number of aromatic nitrogens is 1. The van der Waals surface area contributed by atoms with Crippen LogP contribution < -0.4 is 10.1 Å². The van der Waals surface area contributed by atoms with E-state index in [9.17, 15) is 0 Å². The van der Waals surface area contributed by atoms with E-state index in [0.29, 0.717) is 6.54 Å². The molecule has 0 radical (unpaired) electrons. The number of fused-ring (bicyclic) bond motifs is 1. The minimum Gasteiger partial charge on any atom is -0.488 e. The Bertz CT molecular complexity index is 695. The molecule has 0 saturated carbocycles. The van der Waals surface area contributed by atoms with E-state index < -0.39 is 0 Å². The maximum absolute atomic E-state index is 5.89. The van der Waals surface area contributed by atoms with Gasteiger partial charge in [-0.15, -0.1) is 0 Å². The smallest absolute Gasteiger partial charge is 0.138 e. The second-order valence-corrected chi connectivity index (χ2v) is 5.00. The molecule has 3 rings (SSSR count). The quantitative estimate of drug-likeness (QED) is 0.753. The highest BCUT2D eigenvalue weighted by molar-refractivity contribution is 5.79. The van der Waals surface area contributed by atoms with Crippen LogP contribution in [0.2, 0.25) is 0 Å². The molecule has 2 heterocycles. The fraction of sp³-hybridized carbons (Fsp3) is 0.235.